The first kappa shape index (κ1) is 21.4. The Balaban J connectivity index is 1.36. The van der Waals surface area contributed by atoms with E-state index in [9.17, 15) is 9.59 Å². The zero-order valence-electron chi connectivity index (χ0n) is 17.9. The van der Waals surface area contributed by atoms with Crippen LogP contribution in [0.2, 0.25) is 0 Å². The number of carbonyl (C=O) groups is 2. The number of hydrogen-bond donors (Lipinski definition) is 1. The van der Waals surface area contributed by atoms with Crippen LogP contribution in [-0.2, 0) is 17.8 Å². The molecular formula is C24H24N6O2. The molecule has 3 heterocycles. The summed E-state index contributed by atoms with van der Waals surface area (Å²) in [5.74, 6) is 0.302. The SMILES string of the molecule is CC(=O)N1CCC(Cc2cc(C(=O)NCc3ccc4ccc(C#N)nc4c3)ncn2)CC1. The Morgan fingerprint density at radius 3 is 2.69 bits per heavy atom. The largest absolute Gasteiger partial charge is 0.347 e. The number of rotatable bonds is 5. The number of aromatic nitrogens is 3. The summed E-state index contributed by atoms with van der Waals surface area (Å²) in [6.45, 7) is 3.48. The van der Waals surface area contributed by atoms with Crippen LogP contribution in [0.3, 0.4) is 0 Å². The molecule has 3 aromatic rings. The molecule has 2 amide bonds. The number of benzene rings is 1. The van der Waals surface area contributed by atoms with Crippen molar-refractivity contribution in [3.05, 3.63) is 65.4 Å². The highest BCUT2D eigenvalue weighted by Crippen LogP contribution is 2.21. The summed E-state index contributed by atoms with van der Waals surface area (Å²) >= 11 is 0. The third kappa shape index (κ3) is 5.06. The Hall–Kier alpha value is -3.86. The number of nitriles is 1. The number of hydrogen-bond acceptors (Lipinski definition) is 6. The topological polar surface area (TPSA) is 112 Å². The maximum Gasteiger partial charge on any atom is 0.270 e. The van der Waals surface area contributed by atoms with Crippen molar-refractivity contribution in [3.63, 3.8) is 0 Å². The fraction of sp³-hybridized carbons (Fsp3) is 0.333. The molecule has 1 N–H and O–H groups in total. The number of amides is 2. The third-order valence-electron chi connectivity index (χ3n) is 5.84. The molecule has 162 valence electrons. The van der Waals surface area contributed by atoms with Crippen LogP contribution < -0.4 is 5.32 Å². The van der Waals surface area contributed by atoms with E-state index in [1.165, 1.54) is 6.33 Å². The fourth-order valence-corrected chi connectivity index (χ4v) is 3.99. The highest BCUT2D eigenvalue weighted by Gasteiger charge is 2.21. The molecule has 1 fully saturated rings. The lowest BCUT2D eigenvalue weighted by atomic mass is 9.92. The van der Waals surface area contributed by atoms with E-state index in [0.717, 1.165) is 54.5 Å². The Morgan fingerprint density at radius 1 is 1.16 bits per heavy atom. The average molecular weight is 428 g/mol. The van der Waals surface area contributed by atoms with Gasteiger partial charge in [-0.1, -0.05) is 12.1 Å². The number of fused-ring (bicyclic) bond motifs is 1. The lowest BCUT2D eigenvalue weighted by molar-refractivity contribution is -0.130. The monoisotopic (exact) mass is 428 g/mol. The van der Waals surface area contributed by atoms with Gasteiger partial charge >= 0.3 is 0 Å². The van der Waals surface area contributed by atoms with Crippen LogP contribution in [0.25, 0.3) is 10.9 Å². The molecule has 0 saturated carbocycles. The Bertz CT molecular complexity index is 1190. The van der Waals surface area contributed by atoms with Gasteiger partial charge in [-0.15, -0.1) is 0 Å². The maximum atomic E-state index is 12.6. The maximum absolute atomic E-state index is 12.6. The van der Waals surface area contributed by atoms with Crippen LogP contribution in [-0.4, -0.2) is 44.8 Å². The van der Waals surface area contributed by atoms with Gasteiger partial charge in [-0.05, 0) is 55.0 Å². The van der Waals surface area contributed by atoms with E-state index < -0.39 is 0 Å². The Morgan fingerprint density at radius 2 is 1.94 bits per heavy atom. The summed E-state index contributed by atoms with van der Waals surface area (Å²) in [6, 6.07) is 13.0. The fourth-order valence-electron chi connectivity index (χ4n) is 3.99. The van der Waals surface area contributed by atoms with Gasteiger partial charge in [-0.2, -0.15) is 5.26 Å². The third-order valence-corrected chi connectivity index (χ3v) is 5.84. The second-order valence-corrected chi connectivity index (χ2v) is 8.07. The number of carbonyl (C=O) groups excluding carboxylic acids is 2. The van der Waals surface area contributed by atoms with Gasteiger partial charge in [0, 0.05) is 37.6 Å². The Labute approximate surface area is 186 Å². The van der Waals surface area contributed by atoms with Crippen molar-refractivity contribution in [2.24, 2.45) is 5.92 Å². The van der Waals surface area contributed by atoms with Crippen LogP contribution >= 0.6 is 0 Å². The summed E-state index contributed by atoms with van der Waals surface area (Å²) in [5.41, 5.74) is 3.14. The predicted octanol–water partition coefficient (Wildman–Crippen LogP) is 2.63. The van der Waals surface area contributed by atoms with Crippen molar-refractivity contribution in [2.45, 2.75) is 32.7 Å². The van der Waals surface area contributed by atoms with E-state index in [2.05, 4.69) is 20.3 Å². The van der Waals surface area contributed by atoms with Crippen molar-refractivity contribution in [1.29, 1.82) is 5.26 Å². The summed E-state index contributed by atoms with van der Waals surface area (Å²) in [7, 11) is 0. The minimum atomic E-state index is -0.265. The molecule has 8 heteroatoms. The van der Waals surface area contributed by atoms with Gasteiger partial charge in [0.25, 0.3) is 5.91 Å². The molecular weight excluding hydrogens is 404 g/mol. The molecule has 1 aromatic carbocycles. The molecule has 0 unspecified atom stereocenters. The van der Waals surface area contributed by atoms with Gasteiger partial charge < -0.3 is 10.2 Å². The lowest BCUT2D eigenvalue weighted by Gasteiger charge is -2.31. The summed E-state index contributed by atoms with van der Waals surface area (Å²) < 4.78 is 0. The van der Waals surface area contributed by atoms with E-state index in [1.54, 1.807) is 19.1 Å². The number of pyridine rings is 1. The van der Waals surface area contributed by atoms with Crippen molar-refractivity contribution in [1.82, 2.24) is 25.2 Å². The van der Waals surface area contributed by atoms with Crippen LogP contribution in [0.15, 0.2) is 42.7 Å². The first-order valence-corrected chi connectivity index (χ1v) is 10.7. The summed E-state index contributed by atoms with van der Waals surface area (Å²) in [4.78, 5) is 38.8. The average Bonchev–Trinajstić information content (AvgIpc) is 2.82. The van der Waals surface area contributed by atoms with Gasteiger partial charge in [0.05, 0.1) is 5.52 Å². The van der Waals surface area contributed by atoms with E-state index in [4.69, 9.17) is 5.26 Å². The summed E-state index contributed by atoms with van der Waals surface area (Å²) in [5, 5.41) is 12.9. The van der Waals surface area contributed by atoms with E-state index in [1.807, 2.05) is 35.2 Å². The molecule has 32 heavy (non-hydrogen) atoms. The molecule has 0 spiro atoms. The van der Waals surface area contributed by atoms with Gasteiger partial charge in [0.15, 0.2) is 0 Å². The van der Waals surface area contributed by atoms with E-state index in [-0.39, 0.29) is 11.8 Å². The molecule has 0 bridgehead atoms. The van der Waals surface area contributed by atoms with Crippen LogP contribution in [0.4, 0.5) is 0 Å². The number of piperidine rings is 1. The molecule has 0 radical (unpaired) electrons. The predicted molar refractivity (Wildman–Crippen MR) is 118 cm³/mol. The molecule has 8 nitrogen and oxygen atoms in total. The second kappa shape index (κ2) is 9.52. The van der Waals surface area contributed by atoms with E-state index in [0.29, 0.717) is 23.9 Å². The number of nitrogens with zero attached hydrogens (tertiary/aromatic N) is 5. The molecule has 1 aliphatic rings. The quantitative estimate of drug-likeness (QED) is 0.669. The molecule has 0 atom stereocenters. The normalized spacial score (nSPS) is 14.2. The first-order chi connectivity index (χ1) is 15.5. The molecule has 0 aliphatic carbocycles. The van der Waals surface area contributed by atoms with Crippen molar-refractivity contribution < 1.29 is 9.59 Å². The molecule has 2 aromatic heterocycles. The minimum Gasteiger partial charge on any atom is -0.347 e. The van der Waals surface area contributed by atoms with Crippen LogP contribution in [0, 0.1) is 17.2 Å². The smallest absolute Gasteiger partial charge is 0.270 e. The van der Waals surface area contributed by atoms with Crippen LogP contribution in [0.1, 0.15) is 47.2 Å². The summed E-state index contributed by atoms with van der Waals surface area (Å²) in [6.07, 6.45) is 4.08. The lowest BCUT2D eigenvalue weighted by Crippen LogP contribution is -2.37. The van der Waals surface area contributed by atoms with Crippen LogP contribution in [0.5, 0.6) is 0 Å². The number of likely N-dealkylation sites (tertiary alicyclic amines) is 1. The second-order valence-electron chi connectivity index (χ2n) is 8.07. The molecule has 1 aliphatic heterocycles. The van der Waals surface area contributed by atoms with E-state index >= 15 is 0 Å². The molecule has 4 rings (SSSR count). The zero-order chi connectivity index (χ0) is 22.5. The van der Waals surface area contributed by atoms with Gasteiger partial charge in [0.2, 0.25) is 5.91 Å². The first-order valence-electron chi connectivity index (χ1n) is 10.7. The van der Waals surface area contributed by atoms with Crippen molar-refractivity contribution in [3.8, 4) is 6.07 Å². The standard InChI is InChI=1S/C24H24N6O2/c1-16(31)30-8-6-17(7-9-30)10-21-12-23(28-15-27-21)24(32)26-14-18-2-3-19-4-5-20(13-25)29-22(19)11-18/h2-5,11-12,15,17H,6-10,14H2,1H3,(H,26,32). The van der Waals surface area contributed by atoms with Crippen molar-refractivity contribution in [2.75, 3.05) is 13.1 Å². The minimum absolute atomic E-state index is 0.122. The highest BCUT2D eigenvalue weighted by molar-refractivity contribution is 5.92. The van der Waals surface area contributed by atoms with Gasteiger partial charge in [-0.3, -0.25) is 9.59 Å². The molecule has 1 saturated heterocycles. The van der Waals surface area contributed by atoms with Crippen molar-refractivity contribution >= 4 is 22.7 Å². The Kier molecular flexibility index (Phi) is 6.36. The highest BCUT2D eigenvalue weighted by atomic mass is 16.2. The van der Waals surface area contributed by atoms with Gasteiger partial charge in [-0.25, -0.2) is 15.0 Å². The zero-order valence-corrected chi connectivity index (χ0v) is 17.9. The van der Waals surface area contributed by atoms with Gasteiger partial charge in [0.1, 0.15) is 23.8 Å². The number of nitrogens with one attached hydrogen (secondary N) is 1.